The molecule has 0 N–H and O–H groups in total. The smallest absolute Gasteiger partial charge is 0.143 e. The topological polar surface area (TPSA) is 16.4 Å². The molecule has 7 rings (SSSR count). The molecular weight excluding hydrogens is 438 g/mol. The second-order valence-electron chi connectivity index (χ2n) is 9.00. The summed E-state index contributed by atoms with van der Waals surface area (Å²) in [7, 11) is 0. The predicted molar refractivity (Wildman–Crippen MR) is 151 cm³/mol. The first-order valence-corrected chi connectivity index (χ1v) is 12.2. The van der Waals surface area contributed by atoms with Gasteiger partial charge in [-0.05, 0) is 65.0 Å². The van der Waals surface area contributed by atoms with Crippen molar-refractivity contribution in [3.8, 4) is 11.1 Å². The van der Waals surface area contributed by atoms with E-state index in [0.717, 1.165) is 50.0 Å². The van der Waals surface area contributed by atoms with Gasteiger partial charge in [0.05, 0.1) is 0 Å². The van der Waals surface area contributed by atoms with Gasteiger partial charge in [0, 0.05) is 33.2 Å². The average molecular weight is 462 g/mol. The molecule has 0 spiro atoms. The summed E-state index contributed by atoms with van der Waals surface area (Å²) >= 11 is 0. The molecule has 0 aliphatic rings. The van der Waals surface area contributed by atoms with Gasteiger partial charge in [0.2, 0.25) is 0 Å². The van der Waals surface area contributed by atoms with Crippen LogP contribution in [0.5, 0.6) is 0 Å². The van der Waals surface area contributed by atoms with Gasteiger partial charge in [-0.3, -0.25) is 0 Å². The van der Waals surface area contributed by atoms with E-state index in [1.807, 2.05) is 0 Å². The van der Waals surface area contributed by atoms with Crippen molar-refractivity contribution >= 4 is 49.8 Å². The largest absolute Gasteiger partial charge is 0.455 e. The third-order valence-electron chi connectivity index (χ3n) is 6.83. The lowest BCUT2D eigenvalue weighted by Gasteiger charge is -2.26. The molecule has 6 aromatic carbocycles. The number of hydrogen-bond donors (Lipinski definition) is 0. The van der Waals surface area contributed by atoms with Crippen molar-refractivity contribution in [3.05, 3.63) is 140 Å². The maximum Gasteiger partial charge on any atom is 0.143 e. The molecule has 36 heavy (non-hydrogen) atoms. The number of furan rings is 1. The minimum absolute atomic E-state index is 0.909. The molecule has 0 radical (unpaired) electrons. The summed E-state index contributed by atoms with van der Waals surface area (Å²) in [6, 6.07) is 48.9. The molecule has 0 saturated carbocycles. The molecular formula is C34H23NO. The number of anilines is 3. The monoisotopic (exact) mass is 461 g/mol. The van der Waals surface area contributed by atoms with Crippen LogP contribution >= 0.6 is 0 Å². The van der Waals surface area contributed by atoms with Gasteiger partial charge in [-0.15, -0.1) is 0 Å². The van der Waals surface area contributed by atoms with Gasteiger partial charge in [0.15, 0.2) is 0 Å². The number of benzene rings is 6. The standard InChI is InChI=1S/C34H23NO/c1-3-13-26(14-4-1)35(27-15-5-2-6-16-27)28-17-9-12-25(23-28)29-19-10-20-32-33(29)31-22-21-24-11-7-8-18-30(24)34(31)36-32/h1-23H. The third kappa shape index (κ3) is 3.35. The van der Waals surface area contributed by atoms with E-state index in [0.29, 0.717) is 0 Å². The molecule has 0 aliphatic heterocycles. The van der Waals surface area contributed by atoms with Crippen LogP contribution < -0.4 is 4.90 Å². The van der Waals surface area contributed by atoms with Crippen LogP contribution in [0.1, 0.15) is 0 Å². The summed E-state index contributed by atoms with van der Waals surface area (Å²) in [5.74, 6) is 0. The fraction of sp³-hybridized carbons (Fsp3) is 0. The van der Waals surface area contributed by atoms with Gasteiger partial charge < -0.3 is 9.32 Å². The van der Waals surface area contributed by atoms with E-state index >= 15 is 0 Å². The SMILES string of the molecule is c1ccc(N(c2ccccc2)c2cccc(-c3cccc4oc5c6ccccc6ccc5c34)c2)cc1. The van der Waals surface area contributed by atoms with E-state index in [9.17, 15) is 0 Å². The van der Waals surface area contributed by atoms with Gasteiger partial charge in [0.1, 0.15) is 11.2 Å². The molecule has 0 amide bonds. The van der Waals surface area contributed by atoms with Gasteiger partial charge >= 0.3 is 0 Å². The number of fused-ring (bicyclic) bond motifs is 5. The van der Waals surface area contributed by atoms with E-state index in [2.05, 4.69) is 144 Å². The Morgan fingerprint density at radius 1 is 0.472 bits per heavy atom. The van der Waals surface area contributed by atoms with Crippen LogP contribution in [-0.4, -0.2) is 0 Å². The second-order valence-corrected chi connectivity index (χ2v) is 9.00. The molecule has 0 unspecified atom stereocenters. The minimum Gasteiger partial charge on any atom is -0.455 e. The Kier molecular flexibility index (Phi) is 4.82. The van der Waals surface area contributed by atoms with Crippen molar-refractivity contribution in [2.75, 3.05) is 4.90 Å². The summed E-state index contributed by atoms with van der Waals surface area (Å²) in [6.45, 7) is 0. The van der Waals surface area contributed by atoms with Crippen molar-refractivity contribution < 1.29 is 4.42 Å². The van der Waals surface area contributed by atoms with Crippen LogP contribution in [0, 0.1) is 0 Å². The lowest BCUT2D eigenvalue weighted by molar-refractivity contribution is 0.673. The Hall–Kier alpha value is -4.82. The summed E-state index contributed by atoms with van der Waals surface area (Å²) in [5, 5.41) is 4.63. The maximum absolute atomic E-state index is 6.43. The van der Waals surface area contributed by atoms with Gasteiger partial charge in [-0.1, -0.05) is 91.0 Å². The zero-order valence-corrected chi connectivity index (χ0v) is 19.6. The highest BCUT2D eigenvalue weighted by atomic mass is 16.3. The van der Waals surface area contributed by atoms with Crippen LogP contribution in [0.25, 0.3) is 43.8 Å². The Morgan fingerprint density at radius 2 is 1.14 bits per heavy atom. The van der Waals surface area contributed by atoms with E-state index in [1.54, 1.807) is 0 Å². The van der Waals surface area contributed by atoms with E-state index in [-0.39, 0.29) is 0 Å². The van der Waals surface area contributed by atoms with Gasteiger partial charge in [0.25, 0.3) is 0 Å². The quantitative estimate of drug-likeness (QED) is 0.259. The van der Waals surface area contributed by atoms with Crippen LogP contribution in [0.15, 0.2) is 144 Å². The first-order valence-electron chi connectivity index (χ1n) is 12.2. The van der Waals surface area contributed by atoms with Crippen molar-refractivity contribution in [2.24, 2.45) is 0 Å². The lowest BCUT2D eigenvalue weighted by Crippen LogP contribution is -2.09. The molecule has 7 aromatic rings. The zero-order chi connectivity index (χ0) is 23.9. The Labute approximate surface area is 209 Å². The van der Waals surface area contributed by atoms with Gasteiger partial charge in [-0.2, -0.15) is 0 Å². The van der Waals surface area contributed by atoms with Crippen LogP contribution in [0.4, 0.5) is 17.1 Å². The minimum atomic E-state index is 0.909. The molecule has 0 atom stereocenters. The fourth-order valence-corrected chi connectivity index (χ4v) is 5.21. The molecule has 170 valence electrons. The molecule has 0 saturated heterocycles. The predicted octanol–water partition coefficient (Wildman–Crippen LogP) is 9.88. The molecule has 0 fully saturated rings. The van der Waals surface area contributed by atoms with E-state index in [1.165, 1.54) is 10.9 Å². The first kappa shape index (κ1) is 20.5. The van der Waals surface area contributed by atoms with Crippen LogP contribution in [-0.2, 0) is 0 Å². The van der Waals surface area contributed by atoms with E-state index < -0.39 is 0 Å². The Balaban J connectivity index is 1.44. The van der Waals surface area contributed by atoms with Crippen molar-refractivity contribution in [3.63, 3.8) is 0 Å². The summed E-state index contributed by atoms with van der Waals surface area (Å²) in [4.78, 5) is 2.30. The Morgan fingerprint density at radius 3 is 1.92 bits per heavy atom. The second kappa shape index (κ2) is 8.44. The number of hydrogen-bond acceptors (Lipinski definition) is 2. The summed E-state index contributed by atoms with van der Waals surface area (Å²) in [6.07, 6.45) is 0. The summed E-state index contributed by atoms with van der Waals surface area (Å²) in [5.41, 5.74) is 7.54. The molecule has 0 aliphatic carbocycles. The maximum atomic E-state index is 6.43. The van der Waals surface area contributed by atoms with Crippen LogP contribution in [0.2, 0.25) is 0 Å². The highest BCUT2D eigenvalue weighted by molar-refractivity contribution is 6.19. The summed E-state index contributed by atoms with van der Waals surface area (Å²) < 4.78 is 6.43. The molecule has 2 nitrogen and oxygen atoms in total. The van der Waals surface area contributed by atoms with Crippen molar-refractivity contribution in [1.29, 1.82) is 0 Å². The fourth-order valence-electron chi connectivity index (χ4n) is 5.21. The van der Waals surface area contributed by atoms with E-state index in [4.69, 9.17) is 4.42 Å². The van der Waals surface area contributed by atoms with Crippen LogP contribution in [0.3, 0.4) is 0 Å². The lowest BCUT2D eigenvalue weighted by atomic mass is 9.97. The van der Waals surface area contributed by atoms with Crippen molar-refractivity contribution in [2.45, 2.75) is 0 Å². The molecule has 1 heterocycles. The highest BCUT2D eigenvalue weighted by Crippen LogP contribution is 2.41. The first-order chi connectivity index (χ1) is 17.9. The zero-order valence-electron chi connectivity index (χ0n) is 19.6. The number of rotatable bonds is 4. The Bertz CT molecular complexity index is 1790. The molecule has 0 bridgehead atoms. The third-order valence-corrected chi connectivity index (χ3v) is 6.83. The highest BCUT2D eigenvalue weighted by Gasteiger charge is 2.17. The molecule has 2 heteroatoms. The normalized spacial score (nSPS) is 11.3. The number of para-hydroxylation sites is 2. The average Bonchev–Trinajstić information content (AvgIpc) is 3.34. The van der Waals surface area contributed by atoms with Gasteiger partial charge in [-0.25, -0.2) is 0 Å². The number of nitrogens with zero attached hydrogens (tertiary/aromatic N) is 1. The molecule has 1 aromatic heterocycles. The van der Waals surface area contributed by atoms with Crippen molar-refractivity contribution in [1.82, 2.24) is 0 Å².